The SMILES string of the molecule is CC(C(=O)NCCCC(=O)NC1CC1)C1CNC1. The predicted octanol–water partition coefficient (Wildman–Crippen LogP) is 0.0169. The van der Waals surface area contributed by atoms with Crippen molar-refractivity contribution in [1.29, 1.82) is 0 Å². The van der Waals surface area contributed by atoms with Crippen LogP contribution >= 0.6 is 0 Å². The molecule has 0 radical (unpaired) electrons. The highest BCUT2D eigenvalue weighted by molar-refractivity contribution is 5.79. The Morgan fingerprint density at radius 2 is 2.06 bits per heavy atom. The third-order valence-electron chi connectivity index (χ3n) is 3.76. The highest BCUT2D eigenvalue weighted by Gasteiger charge is 2.28. The first-order valence-electron chi connectivity index (χ1n) is 6.94. The van der Waals surface area contributed by atoms with Gasteiger partial charge in [-0.15, -0.1) is 0 Å². The molecule has 2 amide bonds. The first-order chi connectivity index (χ1) is 8.66. The van der Waals surface area contributed by atoms with Crippen molar-refractivity contribution in [3.8, 4) is 0 Å². The van der Waals surface area contributed by atoms with Crippen LogP contribution in [-0.4, -0.2) is 37.5 Å². The van der Waals surface area contributed by atoms with Crippen LogP contribution in [0.1, 0.15) is 32.6 Å². The van der Waals surface area contributed by atoms with Gasteiger partial charge in [-0.2, -0.15) is 0 Å². The van der Waals surface area contributed by atoms with Crippen LogP contribution in [0.25, 0.3) is 0 Å². The van der Waals surface area contributed by atoms with Crippen molar-refractivity contribution in [2.45, 2.75) is 38.6 Å². The van der Waals surface area contributed by atoms with Crippen LogP contribution in [0, 0.1) is 11.8 Å². The molecule has 102 valence electrons. The Hall–Kier alpha value is -1.10. The minimum Gasteiger partial charge on any atom is -0.356 e. The zero-order valence-corrected chi connectivity index (χ0v) is 11.0. The summed E-state index contributed by atoms with van der Waals surface area (Å²) >= 11 is 0. The average Bonchev–Trinajstić information content (AvgIpc) is 3.05. The number of amides is 2. The molecule has 2 rings (SSSR count). The second-order valence-corrected chi connectivity index (χ2v) is 5.44. The second-order valence-electron chi connectivity index (χ2n) is 5.44. The van der Waals surface area contributed by atoms with Gasteiger partial charge in [0.2, 0.25) is 11.8 Å². The summed E-state index contributed by atoms with van der Waals surface area (Å²) in [7, 11) is 0. The molecule has 1 unspecified atom stereocenters. The van der Waals surface area contributed by atoms with Gasteiger partial charge in [0.05, 0.1) is 0 Å². The molecule has 0 aromatic carbocycles. The molecular weight excluding hydrogens is 230 g/mol. The average molecular weight is 253 g/mol. The number of hydrogen-bond acceptors (Lipinski definition) is 3. The van der Waals surface area contributed by atoms with Crippen molar-refractivity contribution in [2.24, 2.45) is 11.8 Å². The summed E-state index contributed by atoms with van der Waals surface area (Å²) in [4.78, 5) is 23.2. The van der Waals surface area contributed by atoms with Crippen LogP contribution in [0.3, 0.4) is 0 Å². The van der Waals surface area contributed by atoms with E-state index < -0.39 is 0 Å². The van der Waals surface area contributed by atoms with Gasteiger partial charge in [0.15, 0.2) is 0 Å². The Morgan fingerprint density at radius 3 is 2.61 bits per heavy atom. The van der Waals surface area contributed by atoms with Crippen molar-refractivity contribution in [3.63, 3.8) is 0 Å². The van der Waals surface area contributed by atoms with Crippen LogP contribution < -0.4 is 16.0 Å². The van der Waals surface area contributed by atoms with Crippen LogP contribution in [0.4, 0.5) is 0 Å². The summed E-state index contributed by atoms with van der Waals surface area (Å²) < 4.78 is 0. The van der Waals surface area contributed by atoms with Gasteiger partial charge in [-0.1, -0.05) is 6.92 Å². The smallest absolute Gasteiger partial charge is 0.223 e. The number of carbonyl (C=O) groups excluding carboxylic acids is 2. The zero-order chi connectivity index (χ0) is 13.0. The minimum absolute atomic E-state index is 0.0755. The van der Waals surface area contributed by atoms with Gasteiger partial charge in [0, 0.05) is 24.9 Å². The minimum atomic E-state index is 0.0755. The van der Waals surface area contributed by atoms with Gasteiger partial charge in [0.25, 0.3) is 0 Å². The normalized spacial score (nSPS) is 20.9. The van der Waals surface area contributed by atoms with Gasteiger partial charge in [-0.25, -0.2) is 0 Å². The molecule has 1 aliphatic carbocycles. The van der Waals surface area contributed by atoms with Crippen molar-refractivity contribution < 1.29 is 9.59 Å². The summed E-state index contributed by atoms with van der Waals surface area (Å²) in [5.41, 5.74) is 0. The first kappa shape index (κ1) is 13.3. The lowest BCUT2D eigenvalue weighted by molar-refractivity contribution is -0.127. The quantitative estimate of drug-likeness (QED) is 0.560. The highest BCUT2D eigenvalue weighted by atomic mass is 16.2. The van der Waals surface area contributed by atoms with Crippen molar-refractivity contribution >= 4 is 11.8 Å². The van der Waals surface area contributed by atoms with Crippen molar-refractivity contribution in [1.82, 2.24) is 16.0 Å². The maximum absolute atomic E-state index is 11.8. The summed E-state index contributed by atoms with van der Waals surface area (Å²) in [5, 5.41) is 9.02. The van der Waals surface area contributed by atoms with E-state index >= 15 is 0 Å². The Balaban J connectivity index is 1.51. The highest BCUT2D eigenvalue weighted by Crippen LogP contribution is 2.18. The van der Waals surface area contributed by atoms with E-state index in [0.29, 0.717) is 24.9 Å². The molecular formula is C13H23N3O2. The predicted molar refractivity (Wildman–Crippen MR) is 68.9 cm³/mol. The lowest BCUT2D eigenvalue weighted by Crippen LogP contribution is -2.49. The van der Waals surface area contributed by atoms with E-state index in [1.165, 1.54) is 0 Å². The summed E-state index contributed by atoms with van der Waals surface area (Å²) in [6.07, 6.45) is 3.47. The van der Waals surface area contributed by atoms with Gasteiger partial charge in [0.1, 0.15) is 0 Å². The molecule has 0 bridgehead atoms. The van der Waals surface area contributed by atoms with E-state index in [1.807, 2.05) is 6.92 Å². The molecule has 0 aromatic heterocycles. The van der Waals surface area contributed by atoms with Crippen molar-refractivity contribution in [2.75, 3.05) is 19.6 Å². The number of nitrogens with one attached hydrogen (secondary N) is 3. The van der Waals surface area contributed by atoms with E-state index in [0.717, 1.165) is 32.4 Å². The number of hydrogen-bond donors (Lipinski definition) is 3. The maximum Gasteiger partial charge on any atom is 0.223 e. The van der Waals surface area contributed by atoms with E-state index in [4.69, 9.17) is 0 Å². The molecule has 1 atom stereocenters. The summed E-state index contributed by atoms with van der Waals surface area (Å²) in [6.45, 7) is 4.46. The molecule has 1 saturated heterocycles. The zero-order valence-electron chi connectivity index (χ0n) is 11.0. The fourth-order valence-electron chi connectivity index (χ4n) is 2.03. The lowest BCUT2D eigenvalue weighted by atomic mass is 9.88. The Kier molecular flexibility index (Phi) is 4.58. The van der Waals surface area contributed by atoms with Crippen LogP contribution in [0.2, 0.25) is 0 Å². The van der Waals surface area contributed by atoms with Crippen LogP contribution in [-0.2, 0) is 9.59 Å². The molecule has 2 aliphatic rings. The van der Waals surface area contributed by atoms with E-state index in [2.05, 4.69) is 16.0 Å². The number of rotatable bonds is 7. The molecule has 1 aliphatic heterocycles. The summed E-state index contributed by atoms with van der Waals surface area (Å²) in [5.74, 6) is 0.779. The molecule has 1 heterocycles. The third kappa shape index (κ3) is 3.98. The Bertz CT molecular complexity index is 311. The molecule has 2 fully saturated rings. The van der Waals surface area contributed by atoms with Crippen molar-refractivity contribution in [3.05, 3.63) is 0 Å². The van der Waals surface area contributed by atoms with Gasteiger partial charge >= 0.3 is 0 Å². The summed E-state index contributed by atoms with van der Waals surface area (Å²) in [6, 6.07) is 0.429. The maximum atomic E-state index is 11.8. The van der Waals surface area contributed by atoms with Gasteiger partial charge < -0.3 is 16.0 Å². The molecule has 18 heavy (non-hydrogen) atoms. The van der Waals surface area contributed by atoms with Crippen LogP contribution in [0.15, 0.2) is 0 Å². The Labute approximate surface area is 108 Å². The molecule has 5 nitrogen and oxygen atoms in total. The second kappa shape index (κ2) is 6.18. The first-order valence-corrected chi connectivity index (χ1v) is 6.94. The standard InChI is InChI=1S/C13H23N3O2/c1-9(10-7-14-8-10)13(18)15-6-2-3-12(17)16-11-4-5-11/h9-11,14H,2-8H2,1H3,(H,15,18)(H,16,17). The van der Waals surface area contributed by atoms with E-state index in [1.54, 1.807) is 0 Å². The monoisotopic (exact) mass is 253 g/mol. The molecule has 5 heteroatoms. The molecule has 0 aromatic rings. The lowest BCUT2D eigenvalue weighted by Gasteiger charge is -2.31. The molecule has 0 spiro atoms. The molecule has 1 saturated carbocycles. The topological polar surface area (TPSA) is 70.2 Å². The fraction of sp³-hybridized carbons (Fsp3) is 0.846. The van der Waals surface area contributed by atoms with E-state index in [-0.39, 0.29) is 17.7 Å². The Morgan fingerprint density at radius 1 is 1.33 bits per heavy atom. The van der Waals surface area contributed by atoms with E-state index in [9.17, 15) is 9.59 Å². The van der Waals surface area contributed by atoms with Gasteiger partial charge in [-0.05, 0) is 38.3 Å². The van der Waals surface area contributed by atoms with Crippen LogP contribution in [0.5, 0.6) is 0 Å². The third-order valence-corrected chi connectivity index (χ3v) is 3.76. The largest absolute Gasteiger partial charge is 0.356 e. The molecule has 3 N–H and O–H groups in total. The number of carbonyl (C=O) groups is 2. The van der Waals surface area contributed by atoms with Gasteiger partial charge in [-0.3, -0.25) is 9.59 Å². The fourth-order valence-corrected chi connectivity index (χ4v) is 2.03.